The summed E-state index contributed by atoms with van der Waals surface area (Å²) >= 11 is 0. The zero-order valence-corrected chi connectivity index (χ0v) is 8.66. The Bertz CT molecular complexity index is 327. The van der Waals surface area contributed by atoms with Gasteiger partial charge in [-0.1, -0.05) is 26.0 Å². The maximum Gasteiger partial charge on any atom is 0.181 e. The predicted octanol–water partition coefficient (Wildman–Crippen LogP) is 1.85. The summed E-state index contributed by atoms with van der Waals surface area (Å²) in [6, 6.07) is 0. The molecule has 0 aromatic heterocycles. The molecule has 76 valence electrons. The molecule has 0 saturated carbocycles. The molecule has 2 heteroatoms. The van der Waals surface area contributed by atoms with E-state index < -0.39 is 6.10 Å². The Morgan fingerprint density at radius 1 is 1.57 bits per heavy atom. The molecule has 0 spiro atoms. The molecule has 0 heterocycles. The minimum Gasteiger partial charge on any atom is -0.388 e. The second-order valence-electron chi connectivity index (χ2n) is 4.55. The topological polar surface area (TPSA) is 37.3 Å². The third-order valence-electron chi connectivity index (χ3n) is 3.86. The Morgan fingerprint density at radius 3 is 2.93 bits per heavy atom. The fraction of sp³-hybridized carbons (Fsp3) is 0.583. The summed E-state index contributed by atoms with van der Waals surface area (Å²) in [5, 5.41) is 9.97. The lowest BCUT2D eigenvalue weighted by molar-refractivity contribution is -0.114. The number of carbonyl (C=O) groups is 1. The van der Waals surface area contributed by atoms with Crippen LogP contribution in [0.2, 0.25) is 0 Å². The molecule has 0 saturated heterocycles. The number of hydrogen-bond donors (Lipinski definition) is 1. The lowest BCUT2D eigenvalue weighted by Gasteiger charge is -2.44. The van der Waals surface area contributed by atoms with Gasteiger partial charge in [0.05, 0.1) is 6.10 Å². The van der Waals surface area contributed by atoms with Crippen molar-refractivity contribution in [3.05, 3.63) is 23.8 Å². The Balaban J connectivity index is 2.52. The maximum atomic E-state index is 11.7. The van der Waals surface area contributed by atoms with Crippen molar-refractivity contribution < 1.29 is 9.90 Å². The first-order valence-corrected chi connectivity index (χ1v) is 5.18. The van der Waals surface area contributed by atoms with Crippen molar-refractivity contribution in [3.63, 3.8) is 0 Å². The van der Waals surface area contributed by atoms with Gasteiger partial charge in [-0.3, -0.25) is 4.79 Å². The van der Waals surface area contributed by atoms with Crippen molar-refractivity contribution in [2.45, 2.75) is 32.8 Å². The molecule has 14 heavy (non-hydrogen) atoms. The van der Waals surface area contributed by atoms with Gasteiger partial charge in [0, 0.05) is 11.0 Å². The van der Waals surface area contributed by atoms with Crippen LogP contribution in [0, 0.1) is 11.3 Å². The lowest BCUT2D eigenvalue weighted by atomic mass is 9.61. The molecule has 0 fully saturated rings. The van der Waals surface area contributed by atoms with E-state index >= 15 is 0 Å². The van der Waals surface area contributed by atoms with Gasteiger partial charge < -0.3 is 5.11 Å². The van der Waals surface area contributed by atoms with E-state index in [0.717, 1.165) is 18.4 Å². The van der Waals surface area contributed by atoms with E-state index in [9.17, 15) is 9.90 Å². The van der Waals surface area contributed by atoms with Crippen LogP contribution in [-0.2, 0) is 4.79 Å². The number of fused-ring (bicyclic) bond motifs is 1. The van der Waals surface area contributed by atoms with Gasteiger partial charge in [-0.2, -0.15) is 0 Å². The fourth-order valence-electron chi connectivity index (χ4n) is 2.55. The lowest BCUT2D eigenvalue weighted by Crippen LogP contribution is -2.45. The molecule has 0 amide bonds. The van der Waals surface area contributed by atoms with Crippen molar-refractivity contribution in [3.8, 4) is 0 Å². The summed E-state index contributed by atoms with van der Waals surface area (Å²) in [6.07, 6.45) is 6.62. The summed E-state index contributed by atoms with van der Waals surface area (Å²) in [5.74, 6) is 0.441. The third-order valence-corrected chi connectivity index (χ3v) is 3.86. The van der Waals surface area contributed by atoms with Crippen molar-refractivity contribution in [1.82, 2.24) is 0 Å². The minimum absolute atomic E-state index is 0.0735. The van der Waals surface area contributed by atoms with Crippen LogP contribution in [0.15, 0.2) is 23.8 Å². The minimum atomic E-state index is -0.512. The molecule has 0 aromatic rings. The van der Waals surface area contributed by atoms with E-state index in [4.69, 9.17) is 0 Å². The highest BCUT2D eigenvalue weighted by Gasteiger charge is 2.46. The van der Waals surface area contributed by atoms with Gasteiger partial charge in [-0.25, -0.2) is 0 Å². The van der Waals surface area contributed by atoms with Gasteiger partial charge in [0.25, 0.3) is 0 Å². The van der Waals surface area contributed by atoms with Crippen molar-refractivity contribution in [2.75, 3.05) is 0 Å². The monoisotopic (exact) mass is 192 g/mol. The molecule has 0 aliphatic heterocycles. The zero-order chi connectivity index (χ0) is 10.3. The van der Waals surface area contributed by atoms with Crippen LogP contribution in [0.1, 0.15) is 26.7 Å². The first-order chi connectivity index (χ1) is 6.56. The zero-order valence-electron chi connectivity index (χ0n) is 8.66. The standard InChI is InChI=1S/C12H16O2/c1-8-4-3-5-9-10(13)6-7-11(14)12(8,9)2/h5-8,11,14H,3-4H2,1-2H3/t8?,11?,12-/m0/s1. The molecule has 2 rings (SSSR count). The molecule has 2 aliphatic carbocycles. The first-order valence-electron chi connectivity index (χ1n) is 5.18. The molecule has 2 nitrogen and oxygen atoms in total. The average molecular weight is 192 g/mol. The number of rotatable bonds is 0. The van der Waals surface area contributed by atoms with Gasteiger partial charge in [0.15, 0.2) is 5.78 Å². The van der Waals surface area contributed by atoms with Gasteiger partial charge >= 0.3 is 0 Å². The summed E-state index contributed by atoms with van der Waals surface area (Å²) in [5.41, 5.74) is 0.454. The van der Waals surface area contributed by atoms with Crippen LogP contribution in [0.3, 0.4) is 0 Å². The number of ketones is 1. The van der Waals surface area contributed by atoms with E-state index in [1.807, 2.05) is 13.0 Å². The molecule has 1 N–H and O–H groups in total. The second-order valence-corrected chi connectivity index (χ2v) is 4.55. The van der Waals surface area contributed by atoms with Gasteiger partial charge in [0.2, 0.25) is 0 Å². The highest BCUT2D eigenvalue weighted by molar-refractivity contribution is 6.06. The number of aliphatic hydroxyl groups excluding tert-OH is 1. The predicted molar refractivity (Wildman–Crippen MR) is 54.7 cm³/mol. The largest absolute Gasteiger partial charge is 0.388 e. The Morgan fingerprint density at radius 2 is 2.29 bits per heavy atom. The molecular formula is C12H16O2. The Labute approximate surface area is 84.3 Å². The molecular weight excluding hydrogens is 176 g/mol. The second kappa shape index (κ2) is 3.06. The van der Waals surface area contributed by atoms with Gasteiger partial charge in [-0.15, -0.1) is 0 Å². The maximum absolute atomic E-state index is 11.7. The van der Waals surface area contributed by atoms with Crippen LogP contribution in [0.5, 0.6) is 0 Å². The third kappa shape index (κ3) is 1.10. The van der Waals surface area contributed by atoms with E-state index in [-0.39, 0.29) is 11.2 Å². The van der Waals surface area contributed by atoms with E-state index in [1.54, 1.807) is 6.08 Å². The van der Waals surface area contributed by atoms with Crippen LogP contribution >= 0.6 is 0 Å². The van der Waals surface area contributed by atoms with Gasteiger partial charge in [-0.05, 0) is 24.8 Å². The number of hydrogen-bond acceptors (Lipinski definition) is 2. The normalized spacial score (nSPS) is 41.9. The van der Waals surface area contributed by atoms with Crippen molar-refractivity contribution in [1.29, 1.82) is 0 Å². The summed E-state index contributed by atoms with van der Waals surface area (Å²) in [7, 11) is 0. The van der Waals surface area contributed by atoms with Crippen LogP contribution in [0.25, 0.3) is 0 Å². The average Bonchev–Trinajstić information content (AvgIpc) is 2.16. The quantitative estimate of drug-likeness (QED) is 0.636. The fourth-order valence-corrected chi connectivity index (χ4v) is 2.55. The number of carbonyl (C=O) groups excluding carboxylic acids is 1. The van der Waals surface area contributed by atoms with Crippen LogP contribution < -0.4 is 0 Å². The van der Waals surface area contributed by atoms with E-state index in [1.165, 1.54) is 6.08 Å². The molecule has 0 radical (unpaired) electrons. The van der Waals surface area contributed by atoms with Crippen LogP contribution in [-0.4, -0.2) is 17.0 Å². The Hall–Kier alpha value is -0.890. The van der Waals surface area contributed by atoms with Crippen molar-refractivity contribution >= 4 is 5.78 Å². The molecule has 2 unspecified atom stereocenters. The molecule has 0 aromatic carbocycles. The first kappa shape index (κ1) is 9.66. The van der Waals surface area contributed by atoms with E-state index in [0.29, 0.717) is 5.92 Å². The van der Waals surface area contributed by atoms with Gasteiger partial charge in [0.1, 0.15) is 0 Å². The SMILES string of the molecule is CC1CCC=C2C(=O)C=CC(O)[C@]21C. The highest BCUT2D eigenvalue weighted by atomic mass is 16.3. The summed E-state index contributed by atoms with van der Waals surface area (Å²) in [4.78, 5) is 11.7. The van der Waals surface area contributed by atoms with Crippen LogP contribution in [0.4, 0.5) is 0 Å². The number of allylic oxidation sites excluding steroid dienone is 2. The highest BCUT2D eigenvalue weighted by Crippen LogP contribution is 2.47. The number of aliphatic hydroxyl groups is 1. The van der Waals surface area contributed by atoms with Crippen molar-refractivity contribution in [2.24, 2.45) is 11.3 Å². The summed E-state index contributed by atoms with van der Waals surface area (Å²) < 4.78 is 0. The van der Waals surface area contributed by atoms with E-state index in [2.05, 4.69) is 6.92 Å². The molecule has 2 aliphatic rings. The Kier molecular flexibility index (Phi) is 2.11. The molecule has 0 bridgehead atoms. The smallest absolute Gasteiger partial charge is 0.181 e. The summed E-state index contributed by atoms with van der Waals surface area (Å²) in [6.45, 7) is 4.11. The molecule has 3 atom stereocenters.